The third-order valence-corrected chi connectivity index (χ3v) is 5.12. The summed E-state index contributed by atoms with van der Waals surface area (Å²) in [5.74, 6) is 0. The quantitative estimate of drug-likeness (QED) is 0.786. The molecule has 1 aliphatic carbocycles. The largest absolute Gasteiger partial charge is 0.351 e. The van der Waals surface area contributed by atoms with E-state index in [1.54, 1.807) is 11.3 Å². The molecule has 0 spiro atoms. The first kappa shape index (κ1) is 12.1. The molecule has 0 radical (unpaired) electrons. The van der Waals surface area contributed by atoms with Crippen LogP contribution in [0.25, 0.3) is 5.70 Å². The van der Waals surface area contributed by atoms with Crippen LogP contribution in [-0.2, 0) is 6.42 Å². The number of thiocarbonyl (C=S) groups is 1. The Bertz CT molecular complexity index is 701. The summed E-state index contributed by atoms with van der Waals surface area (Å²) in [5, 5.41) is 9.64. The molecule has 0 saturated heterocycles. The molecule has 0 bridgehead atoms. The molecule has 2 heterocycles. The molecule has 1 atom stereocenters. The lowest BCUT2D eigenvalue weighted by atomic mass is 9.84. The zero-order chi connectivity index (χ0) is 13.5. The van der Waals surface area contributed by atoms with Gasteiger partial charge < -0.3 is 10.6 Å². The first-order valence-corrected chi connectivity index (χ1v) is 8.04. The van der Waals surface area contributed by atoms with Gasteiger partial charge in [-0.05, 0) is 47.6 Å². The highest BCUT2D eigenvalue weighted by molar-refractivity contribution is 7.80. The van der Waals surface area contributed by atoms with Crippen molar-refractivity contribution in [3.8, 4) is 0 Å². The molecule has 2 N–H and O–H groups in total. The zero-order valence-corrected chi connectivity index (χ0v) is 12.5. The summed E-state index contributed by atoms with van der Waals surface area (Å²) in [6, 6.07) is 13.1. The molecule has 1 aromatic carbocycles. The number of nitrogens with one attached hydrogen (secondary N) is 2. The number of rotatable bonds is 1. The number of aryl methyl sites for hydroxylation is 1. The summed E-state index contributed by atoms with van der Waals surface area (Å²) in [7, 11) is 0. The van der Waals surface area contributed by atoms with Crippen molar-refractivity contribution >= 4 is 34.4 Å². The third kappa shape index (κ3) is 1.87. The lowest BCUT2D eigenvalue weighted by Crippen LogP contribution is -2.44. The highest BCUT2D eigenvalue weighted by atomic mass is 32.1. The van der Waals surface area contributed by atoms with Gasteiger partial charge in [0.15, 0.2) is 5.11 Å². The first-order valence-electron chi connectivity index (χ1n) is 6.75. The fourth-order valence-electron chi connectivity index (χ4n) is 3.05. The van der Waals surface area contributed by atoms with Gasteiger partial charge in [-0.1, -0.05) is 30.3 Å². The molecule has 100 valence electrons. The van der Waals surface area contributed by atoms with Crippen LogP contribution in [-0.4, -0.2) is 5.11 Å². The van der Waals surface area contributed by atoms with E-state index in [2.05, 4.69) is 52.4 Å². The molecule has 1 aromatic heterocycles. The Morgan fingerprint density at radius 1 is 1.10 bits per heavy atom. The normalized spacial score (nSPS) is 20.8. The second kappa shape index (κ2) is 4.72. The van der Waals surface area contributed by atoms with Crippen molar-refractivity contribution in [1.82, 2.24) is 10.6 Å². The van der Waals surface area contributed by atoms with Gasteiger partial charge in [0.1, 0.15) is 0 Å². The molecule has 2 aromatic rings. The van der Waals surface area contributed by atoms with Gasteiger partial charge >= 0.3 is 0 Å². The molecular weight excluding hydrogens is 284 g/mol. The van der Waals surface area contributed by atoms with Gasteiger partial charge in [0, 0.05) is 16.1 Å². The van der Waals surface area contributed by atoms with Crippen molar-refractivity contribution in [2.75, 3.05) is 0 Å². The summed E-state index contributed by atoms with van der Waals surface area (Å²) < 4.78 is 0. The summed E-state index contributed by atoms with van der Waals surface area (Å²) in [6.45, 7) is 0. The Balaban J connectivity index is 1.87. The second-order valence-corrected chi connectivity index (χ2v) is 6.49. The van der Waals surface area contributed by atoms with Gasteiger partial charge in [0.05, 0.1) is 6.04 Å². The molecule has 20 heavy (non-hydrogen) atoms. The lowest BCUT2D eigenvalue weighted by molar-refractivity contribution is 0.677. The van der Waals surface area contributed by atoms with Crippen LogP contribution >= 0.6 is 23.6 Å². The van der Waals surface area contributed by atoms with Gasteiger partial charge in [-0.3, -0.25) is 0 Å². The third-order valence-electron chi connectivity index (χ3n) is 3.96. The summed E-state index contributed by atoms with van der Waals surface area (Å²) >= 11 is 7.19. The van der Waals surface area contributed by atoms with Crippen LogP contribution in [0.5, 0.6) is 0 Å². The number of fused-ring (bicyclic) bond motifs is 2. The Kier molecular flexibility index (Phi) is 2.86. The van der Waals surface area contributed by atoms with Gasteiger partial charge in [0.2, 0.25) is 0 Å². The maximum absolute atomic E-state index is 5.40. The standard InChI is InChI=1S/C16H14N2S2/c19-16-17-14-11-5-2-1-4-10(11)7-8-12(14)15(18-16)13-6-3-9-20-13/h1-6,9,15H,7-8H2,(H2,17,18,19)/t15-/m0/s1. The number of hydrogen-bond acceptors (Lipinski definition) is 2. The monoisotopic (exact) mass is 298 g/mol. The molecule has 4 heteroatoms. The Morgan fingerprint density at radius 2 is 2.00 bits per heavy atom. The lowest BCUT2D eigenvalue weighted by Gasteiger charge is -2.35. The van der Waals surface area contributed by atoms with E-state index in [4.69, 9.17) is 12.2 Å². The second-order valence-electron chi connectivity index (χ2n) is 5.10. The van der Waals surface area contributed by atoms with Crippen LogP contribution in [0.3, 0.4) is 0 Å². The Morgan fingerprint density at radius 3 is 2.85 bits per heavy atom. The van der Waals surface area contributed by atoms with E-state index in [1.165, 1.54) is 27.3 Å². The minimum atomic E-state index is 0.229. The van der Waals surface area contributed by atoms with Crippen LogP contribution in [0.4, 0.5) is 0 Å². The molecule has 0 fully saturated rings. The molecule has 0 amide bonds. The maximum atomic E-state index is 5.40. The minimum absolute atomic E-state index is 0.229. The average Bonchev–Trinajstić information content (AvgIpc) is 3.00. The van der Waals surface area contributed by atoms with Crippen molar-refractivity contribution in [2.45, 2.75) is 18.9 Å². The van der Waals surface area contributed by atoms with E-state index >= 15 is 0 Å². The van der Waals surface area contributed by atoms with E-state index in [-0.39, 0.29) is 6.04 Å². The molecule has 1 aliphatic heterocycles. The molecule has 0 unspecified atom stereocenters. The fraction of sp³-hybridized carbons (Fsp3) is 0.188. The molecule has 2 nitrogen and oxygen atoms in total. The average molecular weight is 298 g/mol. The smallest absolute Gasteiger partial charge is 0.171 e. The van der Waals surface area contributed by atoms with Gasteiger partial charge in [-0.15, -0.1) is 11.3 Å². The van der Waals surface area contributed by atoms with Crippen molar-refractivity contribution in [2.24, 2.45) is 0 Å². The first-order chi connectivity index (χ1) is 9.83. The van der Waals surface area contributed by atoms with E-state index in [9.17, 15) is 0 Å². The van der Waals surface area contributed by atoms with Crippen molar-refractivity contribution in [1.29, 1.82) is 0 Å². The Labute approximate surface area is 127 Å². The predicted molar refractivity (Wildman–Crippen MR) is 87.6 cm³/mol. The number of hydrogen-bond donors (Lipinski definition) is 2. The number of benzene rings is 1. The van der Waals surface area contributed by atoms with E-state index < -0.39 is 0 Å². The van der Waals surface area contributed by atoms with Crippen molar-refractivity contribution in [3.63, 3.8) is 0 Å². The highest BCUT2D eigenvalue weighted by Gasteiger charge is 2.30. The van der Waals surface area contributed by atoms with Crippen molar-refractivity contribution in [3.05, 3.63) is 63.4 Å². The van der Waals surface area contributed by atoms with Gasteiger partial charge in [0.25, 0.3) is 0 Å². The van der Waals surface area contributed by atoms with Crippen LogP contribution in [0, 0.1) is 0 Å². The number of thiophene rings is 1. The predicted octanol–water partition coefficient (Wildman–Crippen LogP) is 3.62. The van der Waals surface area contributed by atoms with Crippen LogP contribution in [0.2, 0.25) is 0 Å². The van der Waals surface area contributed by atoms with Crippen LogP contribution < -0.4 is 10.6 Å². The van der Waals surface area contributed by atoms with E-state index in [0.29, 0.717) is 0 Å². The van der Waals surface area contributed by atoms with Gasteiger partial charge in [-0.2, -0.15) is 0 Å². The summed E-state index contributed by atoms with van der Waals surface area (Å²) in [6.07, 6.45) is 2.19. The van der Waals surface area contributed by atoms with Crippen LogP contribution in [0.1, 0.15) is 28.5 Å². The fourth-order valence-corrected chi connectivity index (χ4v) is 4.08. The minimum Gasteiger partial charge on any atom is -0.351 e. The van der Waals surface area contributed by atoms with E-state index in [1.807, 2.05) is 0 Å². The van der Waals surface area contributed by atoms with E-state index in [0.717, 1.165) is 18.0 Å². The molecule has 0 saturated carbocycles. The van der Waals surface area contributed by atoms with Crippen LogP contribution in [0.15, 0.2) is 47.4 Å². The molecule has 4 rings (SSSR count). The molecule has 2 aliphatic rings. The highest BCUT2D eigenvalue weighted by Crippen LogP contribution is 2.39. The topological polar surface area (TPSA) is 24.1 Å². The summed E-state index contributed by atoms with van der Waals surface area (Å²) in [4.78, 5) is 1.33. The van der Waals surface area contributed by atoms with Crippen molar-refractivity contribution < 1.29 is 0 Å². The zero-order valence-electron chi connectivity index (χ0n) is 10.8. The Hall–Kier alpha value is -1.65. The summed E-state index contributed by atoms with van der Waals surface area (Å²) in [5.41, 5.74) is 5.36. The SMILES string of the molecule is S=C1NC2=C(CCc3ccccc32)[C@@H](c2cccs2)N1. The molecular formula is C16H14N2S2. The maximum Gasteiger partial charge on any atom is 0.171 e. The van der Waals surface area contributed by atoms with Gasteiger partial charge in [-0.25, -0.2) is 0 Å².